The molecule has 2 rings (SSSR count). The zero-order valence-corrected chi connectivity index (χ0v) is 13.3. The van der Waals surface area contributed by atoms with Crippen LogP contribution in [0.15, 0.2) is 40.6 Å². The number of rotatable bonds is 7. The summed E-state index contributed by atoms with van der Waals surface area (Å²) in [6.45, 7) is 0.688. The van der Waals surface area contributed by atoms with Crippen LogP contribution in [0.3, 0.4) is 0 Å². The van der Waals surface area contributed by atoms with E-state index in [4.69, 9.17) is 10.5 Å². The van der Waals surface area contributed by atoms with Gasteiger partial charge in [-0.05, 0) is 30.2 Å². The second kappa shape index (κ2) is 7.04. The molecule has 7 heteroatoms. The number of hydrogen-bond acceptors (Lipinski definition) is 5. The highest BCUT2D eigenvalue weighted by Crippen LogP contribution is 2.18. The normalized spacial score (nSPS) is 11.5. The zero-order valence-electron chi connectivity index (χ0n) is 11.7. The molecule has 5 nitrogen and oxygen atoms in total. The summed E-state index contributed by atoms with van der Waals surface area (Å²) in [7, 11) is -1.86. The van der Waals surface area contributed by atoms with Crippen LogP contribution in [0.2, 0.25) is 0 Å². The predicted molar refractivity (Wildman–Crippen MR) is 84.1 cm³/mol. The van der Waals surface area contributed by atoms with Gasteiger partial charge in [-0.2, -0.15) is 0 Å². The molecular weight excluding hydrogens is 308 g/mol. The summed E-state index contributed by atoms with van der Waals surface area (Å²) in [6.07, 6.45) is 0.602. The molecule has 0 aliphatic rings. The fourth-order valence-corrected chi connectivity index (χ4v) is 4.04. The van der Waals surface area contributed by atoms with Crippen molar-refractivity contribution in [3.63, 3.8) is 0 Å². The number of nitrogens with one attached hydrogen (secondary N) is 1. The molecule has 3 N–H and O–H groups in total. The predicted octanol–water partition coefficient (Wildman–Crippen LogP) is 1.74. The monoisotopic (exact) mass is 326 g/mol. The van der Waals surface area contributed by atoms with E-state index in [1.165, 1.54) is 11.3 Å². The number of benzene rings is 1. The summed E-state index contributed by atoms with van der Waals surface area (Å²) in [5.74, 6) is 0.765. The number of thiophene rings is 1. The van der Waals surface area contributed by atoms with Crippen molar-refractivity contribution in [2.24, 2.45) is 5.73 Å². The van der Waals surface area contributed by atoms with Gasteiger partial charge in [0.05, 0.1) is 12.0 Å². The van der Waals surface area contributed by atoms with Crippen LogP contribution in [-0.4, -0.2) is 22.1 Å². The number of sulfonamides is 1. The summed E-state index contributed by atoms with van der Waals surface area (Å²) in [5.41, 5.74) is 6.51. The van der Waals surface area contributed by atoms with Crippen molar-refractivity contribution >= 4 is 21.4 Å². The molecule has 0 aliphatic heterocycles. The third-order valence-corrected chi connectivity index (χ3v) is 5.53. The van der Waals surface area contributed by atoms with E-state index in [1.54, 1.807) is 18.6 Å². The highest BCUT2D eigenvalue weighted by atomic mass is 32.2. The molecule has 0 amide bonds. The Labute approximate surface area is 128 Å². The molecule has 0 bridgehead atoms. The lowest BCUT2D eigenvalue weighted by molar-refractivity contribution is 0.414. The largest absolute Gasteiger partial charge is 0.497 e. The topological polar surface area (TPSA) is 81.4 Å². The first-order valence-corrected chi connectivity index (χ1v) is 8.81. The van der Waals surface area contributed by atoms with Gasteiger partial charge in [0.2, 0.25) is 10.0 Å². The van der Waals surface area contributed by atoms with E-state index in [0.29, 0.717) is 19.5 Å². The molecule has 0 radical (unpaired) electrons. The smallest absolute Gasteiger partial charge is 0.241 e. The Morgan fingerprint density at radius 1 is 1.33 bits per heavy atom. The lowest BCUT2D eigenvalue weighted by atomic mass is 10.1. The van der Waals surface area contributed by atoms with E-state index in [-0.39, 0.29) is 4.90 Å². The first-order valence-electron chi connectivity index (χ1n) is 6.45. The Hall–Kier alpha value is -1.41. The van der Waals surface area contributed by atoms with Crippen LogP contribution in [-0.2, 0) is 23.0 Å². The second-order valence-electron chi connectivity index (χ2n) is 4.45. The number of nitrogens with two attached hydrogens (primary N) is 1. The maximum Gasteiger partial charge on any atom is 0.241 e. The maximum absolute atomic E-state index is 12.1. The zero-order chi connectivity index (χ0) is 15.3. The molecule has 114 valence electrons. The molecule has 1 aromatic heterocycles. The minimum atomic E-state index is -3.46. The van der Waals surface area contributed by atoms with Gasteiger partial charge < -0.3 is 10.5 Å². The van der Waals surface area contributed by atoms with Gasteiger partial charge >= 0.3 is 0 Å². The van der Waals surface area contributed by atoms with Crippen molar-refractivity contribution in [3.8, 4) is 5.75 Å². The molecule has 2 aromatic rings. The van der Waals surface area contributed by atoms with Crippen molar-refractivity contribution in [2.45, 2.75) is 17.9 Å². The summed E-state index contributed by atoms with van der Waals surface area (Å²) in [5, 5.41) is 1.61. The first kappa shape index (κ1) is 16.0. The minimum Gasteiger partial charge on any atom is -0.497 e. The molecule has 21 heavy (non-hydrogen) atoms. The maximum atomic E-state index is 12.1. The van der Waals surface area contributed by atoms with Crippen molar-refractivity contribution < 1.29 is 13.2 Å². The van der Waals surface area contributed by atoms with E-state index >= 15 is 0 Å². The molecule has 0 spiro atoms. The SMILES string of the molecule is COc1cccc(CCNS(=O)(=O)c2csc(CN)c2)c1. The summed E-state index contributed by atoms with van der Waals surface area (Å²) >= 11 is 1.35. The van der Waals surface area contributed by atoms with Crippen LogP contribution in [0.5, 0.6) is 5.75 Å². The van der Waals surface area contributed by atoms with E-state index in [9.17, 15) is 8.42 Å². The lowest BCUT2D eigenvalue weighted by Gasteiger charge is -2.06. The Kier molecular flexibility index (Phi) is 5.35. The molecule has 0 fully saturated rings. The van der Waals surface area contributed by atoms with Crippen LogP contribution in [0, 0.1) is 0 Å². The molecule has 1 aromatic carbocycles. The van der Waals surface area contributed by atoms with E-state index < -0.39 is 10.0 Å². The molecular formula is C14H18N2O3S2. The lowest BCUT2D eigenvalue weighted by Crippen LogP contribution is -2.25. The van der Waals surface area contributed by atoms with Crippen molar-refractivity contribution in [1.29, 1.82) is 0 Å². The van der Waals surface area contributed by atoms with Crippen LogP contribution in [0.1, 0.15) is 10.4 Å². The van der Waals surface area contributed by atoms with Crippen molar-refractivity contribution in [3.05, 3.63) is 46.2 Å². The standard InChI is InChI=1S/C14H18N2O3S2/c1-19-12-4-2-3-11(7-12)5-6-16-21(17,18)14-8-13(9-15)20-10-14/h2-4,7-8,10,16H,5-6,9,15H2,1H3. The first-order chi connectivity index (χ1) is 10.0. The van der Waals surface area contributed by atoms with Crippen molar-refractivity contribution in [1.82, 2.24) is 4.72 Å². The summed E-state index contributed by atoms with van der Waals surface area (Å²) < 4.78 is 31.9. The van der Waals surface area contributed by atoms with Gasteiger partial charge in [0.25, 0.3) is 0 Å². The third-order valence-electron chi connectivity index (χ3n) is 2.98. The summed E-state index contributed by atoms with van der Waals surface area (Å²) in [4.78, 5) is 1.13. The highest BCUT2D eigenvalue weighted by molar-refractivity contribution is 7.89. The van der Waals surface area contributed by atoms with Crippen LogP contribution in [0.4, 0.5) is 0 Å². The van der Waals surface area contributed by atoms with Gasteiger partial charge in [-0.15, -0.1) is 11.3 Å². The quantitative estimate of drug-likeness (QED) is 0.812. The fourth-order valence-electron chi connectivity index (χ4n) is 1.85. The minimum absolute atomic E-state index is 0.276. The van der Waals surface area contributed by atoms with Gasteiger partial charge in [-0.3, -0.25) is 0 Å². The van der Waals surface area contributed by atoms with E-state index in [2.05, 4.69) is 4.72 Å². The van der Waals surface area contributed by atoms with Crippen LogP contribution < -0.4 is 15.2 Å². The molecule has 0 saturated heterocycles. The highest BCUT2D eigenvalue weighted by Gasteiger charge is 2.15. The number of methoxy groups -OCH3 is 1. The number of ether oxygens (including phenoxy) is 1. The summed E-state index contributed by atoms with van der Waals surface area (Å²) in [6, 6.07) is 9.18. The van der Waals surface area contributed by atoms with Gasteiger partial charge in [0.1, 0.15) is 5.75 Å². The molecule has 0 saturated carbocycles. The van der Waals surface area contributed by atoms with Gasteiger partial charge in [0.15, 0.2) is 0 Å². The third kappa shape index (κ3) is 4.28. The van der Waals surface area contributed by atoms with E-state index in [0.717, 1.165) is 16.2 Å². The molecule has 1 heterocycles. The molecule has 0 aliphatic carbocycles. The Bertz CT molecular complexity index is 696. The number of hydrogen-bond donors (Lipinski definition) is 2. The van der Waals surface area contributed by atoms with Crippen molar-refractivity contribution in [2.75, 3.05) is 13.7 Å². The average molecular weight is 326 g/mol. The van der Waals surface area contributed by atoms with Gasteiger partial charge in [-0.25, -0.2) is 13.1 Å². The van der Waals surface area contributed by atoms with Gasteiger partial charge in [-0.1, -0.05) is 12.1 Å². The van der Waals surface area contributed by atoms with Gasteiger partial charge in [0, 0.05) is 23.3 Å². The fraction of sp³-hybridized carbons (Fsp3) is 0.286. The van der Waals surface area contributed by atoms with Crippen LogP contribution >= 0.6 is 11.3 Å². The Balaban J connectivity index is 1.95. The second-order valence-corrected chi connectivity index (χ2v) is 7.21. The Morgan fingerprint density at radius 3 is 2.81 bits per heavy atom. The average Bonchev–Trinajstić information content (AvgIpc) is 2.97. The Morgan fingerprint density at radius 2 is 2.14 bits per heavy atom. The molecule has 0 unspecified atom stereocenters. The van der Waals surface area contributed by atoms with Crippen LogP contribution in [0.25, 0.3) is 0 Å². The molecule has 0 atom stereocenters. The van der Waals surface area contributed by atoms with E-state index in [1.807, 2.05) is 24.3 Å².